The zero-order valence-electron chi connectivity index (χ0n) is 20.1. The van der Waals surface area contributed by atoms with Gasteiger partial charge in [-0.15, -0.1) is 0 Å². The summed E-state index contributed by atoms with van der Waals surface area (Å²) in [6.45, 7) is 9.03. The van der Waals surface area contributed by atoms with Gasteiger partial charge in [0.1, 0.15) is 23.4 Å². The molecule has 1 aromatic rings. The minimum absolute atomic E-state index is 0.0788. The van der Waals surface area contributed by atoms with Gasteiger partial charge >= 0.3 is 12.1 Å². The molecule has 2 unspecified atom stereocenters. The average molecular weight is 465 g/mol. The molecule has 0 bridgehead atoms. The summed E-state index contributed by atoms with van der Waals surface area (Å²) in [7, 11) is 0. The molecule has 0 saturated carbocycles. The predicted molar refractivity (Wildman–Crippen MR) is 124 cm³/mol. The third-order valence-corrected chi connectivity index (χ3v) is 4.20. The maximum Gasteiger partial charge on any atom is 0.408 e. The van der Waals surface area contributed by atoms with Crippen LogP contribution in [0.5, 0.6) is 0 Å². The minimum atomic E-state index is -1.10. The third kappa shape index (κ3) is 11.3. The summed E-state index contributed by atoms with van der Waals surface area (Å²) >= 11 is 0. The van der Waals surface area contributed by atoms with E-state index in [-0.39, 0.29) is 25.7 Å². The van der Waals surface area contributed by atoms with Crippen molar-refractivity contribution in [2.45, 2.75) is 65.7 Å². The van der Waals surface area contributed by atoms with E-state index in [1.54, 1.807) is 27.7 Å². The lowest BCUT2D eigenvalue weighted by atomic mass is 10.0. The van der Waals surface area contributed by atoms with E-state index in [4.69, 9.17) is 19.9 Å². The number of rotatable bonds is 12. The highest BCUT2D eigenvalue weighted by Crippen LogP contribution is 2.10. The summed E-state index contributed by atoms with van der Waals surface area (Å²) in [5.41, 5.74) is 8.40. The number of alkyl carbamates (subject to hydrolysis) is 1. The van der Waals surface area contributed by atoms with Gasteiger partial charge in [-0.1, -0.05) is 43.7 Å². The predicted octanol–water partition coefficient (Wildman–Crippen LogP) is 2.46. The maximum absolute atomic E-state index is 12.7. The number of nitrogens with zero attached hydrogens (tertiary/aromatic N) is 1. The molecule has 33 heavy (non-hydrogen) atoms. The van der Waals surface area contributed by atoms with Crippen molar-refractivity contribution in [1.82, 2.24) is 10.7 Å². The summed E-state index contributed by atoms with van der Waals surface area (Å²) in [6.07, 6.45) is 0.312. The second kappa shape index (κ2) is 14.1. The summed E-state index contributed by atoms with van der Waals surface area (Å²) < 4.78 is 15.9. The summed E-state index contributed by atoms with van der Waals surface area (Å²) in [5, 5.41) is 6.34. The molecule has 0 aliphatic rings. The van der Waals surface area contributed by atoms with Gasteiger partial charge in [0.05, 0.1) is 19.8 Å². The Hall–Kier alpha value is -3.14. The number of carbonyl (C=O) groups is 3. The van der Waals surface area contributed by atoms with Crippen LogP contribution in [0.4, 0.5) is 4.79 Å². The lowest BCUT2D eigenvalue weighted by Crippen LogP contribution is -2.50. The first-order valence-corrected chi connectivity index (χ1v) is 11.0. The summed E-state index contributed by atoms with van der Waals surface area (Å²) in [5.74, 6) is -2.04. The molecular formula is C23H36N4O6. The molecule has 0 aliphatic carbocycles. The fraction of sp³-hybridized carbons (Fsp3) is 0.565. The van der Waals surface area contributed by atoms with Crippen LogP contribution in [0, 0.1) is 5.92 Å². The molecule has 184 valence electrons. The molecule has 0 saturated heterocycles. The van der Waals surface area contributed by atoms with Gasteiger partial charge in [0.15, 0.2) is 0 Å². The number of hydrogen-bond donors (Lipinski definition) is 3. The van der Waals surface area contributed by atoms with Crippen LogP contribution in [0.25, 0.3) is 0 Å². The number of benzene rings is 1. The molecule has 10 heteroatoms. The lowest BCUT2D eigenvalue weighted by Gasteiger charge is -2.23. The molecule has 0 aromatic heterocycles. The quantitative estimate of drug-likeness (QED) is 0.187. The molecule has 1 aromatic carbocycles. The number of esters is 1. The van der Waals surface area contributed by atoms with Crippen LogP contribution in [0.2, 0.25) is 0 Å². The second-order valence-electron chi connectivity index (χ2n) is 8.31. The Morgan fingerprint density at radius 2 is 1.79 bits per heavy atom. The Kier molecular flexibility index (Phi) is 11.9. The highest BCUT2D eigenvalue weighted by Gasteiger charge is 2.26. The zero-order chi connectivity index (χ0) is 24.9. The van der Waals surface area contributed by atoms with Gasteiger partial charge in [0, 0.05) is 0 Å². The zero-order valence-corrected chi connectivity index (χ0v) is 20.1. The van der Waals surface area contributed by atoms with Gasteiger partial charge < -0.3 is 25.3 Å². The molecule has 0 fully saturated rings. The van der Waals surface area contributed by atoms with E-state index < -0.39 is 35.5 Å². The van der Waals surface area contributed by atoms with Crippen LogP contribution in [-0.4, -0.2) is 48.7 Å². The van der Waals surface area contributed by atoms with Gasteiger partial charge in [0.25, 0.3) is 5.91 Å². The average Bonchev–Trinajstić information content (AvgIpc) is 2.74. The fourth-order valence-electron chi connectivity index (χ4n) is 2.70. The van der Waals surface area contributed by atoms with Crippen molar-refractivity contribution in [1.29, 1.82) is 0 Å². The first-order valence-electron chi connectivity index (χ1n) is 11.0. The number of ether oxygens (including phenoxy) is 3. The first kappa shape index (κ1) is 27.9. The molecule has 0 spiro atoms. The Balaban J connectivity index is 2.85. The van der Waals surface area contributed by atoms with Gasteiger partial charge in [0.2, 0.25) is 0 Å². The number of amidine groups is 1. The van der Waals surface area contributed by atoms with E-state index >= 15 is 0 Å². The Labute approximate surface area is 195 Å². The normalized spacial score (nSPS) is 13.5. The van der Waals surface area contributed by atoms with E-state index in [2.05, 4.69) is 15.8 Å². The molecule has 4 N–H and O–H groups in total. The standard InChI is InChI=1S/C23H36N4O6/c1-6-11-17(21(29)32-7-2)19(24)26-27-20(28)18(25-22(30)33-23(3,4)5)15-31-14-16-12-9-8-10-13-16/h8-10,12-13,17-18H,6-7,11,14-15H2,1-5H3,(H2,24,26)(H,25,30)(H,27,28). The number of hydrogen-bond acceptors (Lipinski definition) is 7. The molecule has 0 heterocycles. The van der Waals surface area contributed by atoms with Crippen molar-refractivity contribution in [2.75, 3.05) is 13.2 Å². The van der Waals surface area contributed by atoms with E-state index in [1.165, 1.54) is 0 Å². The van der Waals surface area contributed by atoms with E-state index in [0.29, 0.717) is 12.8 Å². The Morgan fingerprint density at radius 1 is 1.12 bits per heavy atom. The lowest BCUT2D eigenvalue weighted by molar-refractivity contribution is -0.145. The van der Waals surface area contributed by atoms with Crippen LogP contribution in [0.1, 0.15) is 53.0 Å². The Bertz CT molecular complexity index is 792. The highest BCUT2D eigenvalue weighted by atomic mass is 16.6. The SMILES string of the molecule is CCCC(C(=O)OCC)/C(N)=N/NC(=O)C(COCc1ccccc1)NC(=O)OC(C)(C)C. The molecular weight excluding hydrogens is 428 g/mol. The van der Waals surface area contributed by atoms with Crippen molar-refractivity contribution >= 4 is 23.8 Å². The van der Waals surface area contributed by atoms with E-state index in [9.17, 15) is 14.4 Å². The van der Waals surface area contributed by atoms with Crippen LogP contribution in [0.3, 0.4) is 0 Å². The maximum atomic E-state index is 12.7. The van der Waals surface area contributed by atoms with Crippen molar-refractivity contribution < 1.29 is 28.6 Å². The molecule has 0 aliphatic heterocycles. The number of hydrazone groups is 1. The number of nitrogens with two attached hydrogens (primary N) is 1. The second-order valence-corrected chi connectivity index (χ2v) is 8.31. The molecule has 1 rings (SSSR count). The van der Waals surface area contributed by atoms with Gasteiger partial charge in [-0.2, -0.15) is 5.10 Å². The summed E-state index contributed by atoms with van der Waals surface area (Å²) in [6, 6.07) is 8.28. The minimum Gasteiger partial charge on any atom is -0.465 e. The molecule has 2 atom stereocenters. The van der Waals surface area contributed by atoms with Crippen molar-refractivity contribution in [3.63, 3.8) is 0 Å². The summed E-state index contributed by atoms with van der Waals surface area (Å²) in [4.78, 5) is 37.1. The largest absolute Gasteiger partial charge is 0.465 e. The Morgan fingerprint density at radius 3 is 2.36 bits per heavy atom. The van der Waals surface area contributed by atoms with Gasteiger partial charge in [-0.25, -0.2) is 10.2 Å². The van der Waals surface area contributed by atoms with Crippen molar-refractivity contribution in [2.24, 2.45) is 16.8 Å². The van der Waals surface area contributed by atoms with Crippen LogP contribution in [0.15, 0.2) is 35.4 Å². The molecule has 2 amide bonds. The van der Waals surface area contributed by atoms with Crippen molar-refractivity contribution in [3.05, 3.63) is 35.9 Å². The molecule has 10 nitrogen and oxygen atoms in total. The van der Waals surface area contributed by atoms with E-state index in [1.807, 2.05) is 37.3 Å². The topological polar surface area (TPSA) is 141 Å². The number of carbonyl (C=O) groups excluding carboxylic acids is 3. The smallest absolute Gasteiger partial charge is 0.408 e. The first-order chi connectivity index (χ1) is 15.6. The fourth-order valence-corrected chi connectivity index (χ4v) is 2.70. The third-order valence-electron chi connectivity index (χ3n) is 4.20. The number of nitrogens with one attached hydrogen (secondary N) is 2. The van der Waals surface area contributed by atoms with Crippen LogP contribution in [-0.2, 0) is 30.4 Å². The van der Waals surface area contributed by atoms with Crippen LogP contribution >= 0.6 is 0 Å². The van der Waals surface area contributed by atoms with Gasteiger partial charge in [-0.05, 0) is 39.7 Å². The van der Waals surface area contributed by atoms with Gasteiger partial charge in [-0.3, -0.25) is 9.59 Å². The van der Waals surface area contributed by atoms with Crippen molar-refractivity contribution in [3.8, 4) is 0 Å². The highest BCUT2D eigenvalue weighted by molar-refractivity contribution is 6.00. The number of amides is 2. The van der Waals surface area contributed by atoms with Crippen LogP contribution < -0.4 is 16.5 Å². The van der Waals surface area contributed by atoms with E-state index in [0.717, 1.165) is 5.56 Å². The molecule has 0 radical (unpaired) electrons. The monoisotopic (exact) mass is 464 g/mol.